The van der Waals surface area contributed by atoms with E-state index in [2.05, 4.69) is 10.2 Å². The van der Waals surface area contributed by atoms with Crippen molar-refractivity contribution in [2.24, 2.45) is 5.92 Å². The zero-order valence-electron chi connectivity index (χ0n) is 10.2. The molecule has 4 heteroatoms. The van der Waals surface area contributed by atoms with Crippen molar-refractivity contribution in [3.05, 3.63) is 17.0 Å². The van der Waals surface area contributed by atoms with Gasteiger partial charge in [-0.15, -0.1) is 0 Å². The van der Waals surface area contributed by atoms with Gasteiger partial charge in [-0.2, -0.15) is 5.10 Å². The van der Waals surface area contributed by atoms with Gasteiger partial charge in [0.15, 0.2) is 0 Å². The van der Waals surface area contributed by atoms with Gasteiger partial charge in [0.05, 0.1) is 5.69 Å². The van der Waals surface area contributed by atoms with Gasteiger partial charge in [-0.25, -0.2) is 0 Å². The van der Waals surface area contributed by atoms with Crippen LogP contribution in [0.15, 0.2) is 0 Å². The first kappa shape index (κ1) is 11.2. The Kier molecular flexibility index (Phi) is 2.99. The molecule has 2 rings (SSSR count). The molecule has 1 saturated heterocycles. The molecule has 4 nitrogen and oxygen atoms in total. The van der Waals surface area contributed by atoms with E-state index in [1.54, 1.807) is 0 Å². The molecule has 1 amide bonds. The van der Waals surface area contributed by atoms with Gasteiger partial charge in [0.1, 0.15) is 0 Å². The fourth-order valence-corrected chi connectivity index (χ4v) is 2.12. The van der Waals surface area contributed by atoms with Crippen molar-refractivity contribution in [3.8, 4) is 0 Å². The summed E-state index contributed by atoms with van der Waals surface area (Å²) in [6.07, 6.45) is 1.95. The fraction of sp³-hybridized carbons (Fsp3) is 0.667. The van der Waals surface area contributed by atoms with Crippen LogP contribution in [0.3, 0.4) is 0 Å². The fourth-order valence-electron chi connectivity index (χ4n) is 2.12. The molecule has 0 aromatic carbocycles. The maximum absolute atomic E-state index is 12.0. The Morgan fingerprint density at radius 2 is 2.19 bits per heavy atom. The van der Waals surface area contributed by atoms with E-state index in [0.717, 1.165) is 37.3 Å². The second kappa shape index (κ2) is 4.28. The highest BCUT2D eigenvalue weighted by molar-refractivity contribution is 5.79. The number of amides is 1. The number of aryl methyl sites for hydroxylation is 2. The van der Waals surface area contributed by atoms with Crippen molar-refractivity contribution in [1.82, 2.24) is 15.1 Å². The molecular formula is C12H19N3O. The minimum atomic E-state index is 0.0651. The van der Waals surface area contributed by atoms with Gasteiger partial charge in [0, 0.05) is 24.7 Å². The predicted octanol–water partition coefficient (Wildman–Crippen LogP) is 1.44. The van der Waals surface area contributed by atoms with E-state index in [1.807, 2.05) is 25.7 Å². The van der Waals surface area contributed by atoms with E-state index >= 15 is 0 Å². The predicted molar refractivity (Wildman–Crippen MR) is 62.1 cm³/mol. The molecule has 1 atom stereocenters. The van der Waals surface area contributed by atoms with Crippen LogP contribution in [-0.2, 0) is 11.2 Å². The Balaban J connectivity index is 2.01. The zero-order chi connectivity index (χ0) is 11.7. The van der Waals surface area contributed by atoms with Gasteiger partial charge in [-0.1, -0.05) is 6.92 Å². The number of H-pyrrole nitrogens is 1. The van der Waals surface area contributed by atoms with Gasteiger partial charge in [-0.05, 0) is 32.3 Å². The number of likely N-dealkylation sites (tertiary alicyclic amines) is 1. The SMILES string of the molecule is Cc1n[nH]c(C)c1CC(C)C(=O)N1CCC1. The van der Waals surface area contributed by atoms with Crippen molar-refractivity contribution in [1.29, 1.82) is 0 Å². The molecule has 1 aromatic heterocycles. The Bertz CT molecular complexity index is 373. The quantitative estimate of drug-likeness (QED) is 0.839. The Hall–Kier alpha value is -1.32. The third-order valence-electron chi connectivity index (χ3n) is 3.38. The summed E-state index contributed by atoms with van der Waals surface area (Å²) in [5.41, 5.74) is 3.29. The van der Waals surface area contributed by atoms with Crippen LogP contribution in [0.25, 0.3) is 0 Å². The van der Waals surface area contributed by atoms with E-state index in [4.69, 9.17) is 0 Å². The zero-order valence-corrected chi connectivity index (χ0v) is 10.2. The highest BCUT2D eigenvalue weighted by Gasteiger charge is 2.26. The van der Waals surface area contributed by atoms with Crippen molar-refractivity contribution in [2.45, 2.75) is 33.6 Å². The lowest BCUT2D eigenvalue weighted by molar-refractivity contribution is -0.138. The van der Waals surface area contributed by atoms with Crippen LogP contribution in [0.1, 0.15) is 30.3 Å². The van der Waals surface area contributed by atoms with Crippen LogP contribution in [0.2, 0.25) is 0 Å². The third-order valence-corrected chi connectivity index (χ3v) is 3.38. The van der Waals surface area contributed by atoms with E-state index in [9.17, 15) is 4.79 Å². The van der Waals surface area contributed by atoms with Gasteiger partial charge < -0.3 is 4.90 Å². The molecule has 2 heterocycles. The van der Waals surface area contributed by atoms with Crippen LogP contribution < -0.4 is 0 Å². The molecule has 0 radical (unpaired) electrons. The number of aromatic amines is 1. The summed E-state index contributed by atoms with van der Waals surface area (Å²) in [6.45, 7) is 7.88. The first-order valence-electron chi connectivity index (χ1n) is 5.89. The normalized spacial score (nSPS) is 17.1. The highest BCUT2D eigenvalue weighted by atomic mass is 16.2. The monoisotopic (exact) mass is 221 g/mol. The Morgan fingerprint density at radius 1 is 1.50 bits per heavy atom. The smallest absolute Gasteiger partial charge is 0.225 e. The molecule has 0 aliphatic carbocycles. The van der Waals surface area contributed by atoms with Crippen molar-refractivity contribution in [2.75, 3.05) is 13.1 Å². The molecular weight excluding hydrogens is 202 g/mol. The first-order valence-corrected chi connectivity index (χ1v) is 5.89. The second-order valence-corrected chi connectivity index (χ2v) is 4.70. The molecule has 0 bridgehead atoms. The van der Waals surface area contributed by atoms with Crippen molar-refractivity contribution >= 4 is 5.91 Å². The summed E-state index contributed by atoms with van der Waals surface area (Å²) in [5.74, 6) is 0.349. The molecule has 0 spiro atoms. The highest BCUT2D eigenvalue weighted by Crippen LogP contribution is 2.18. The van der Waals surface area contributed by atoms with Crippen LogP contribution in [-0.4, -0.2) is 34.1 Å². The number of carbonyl (C=O) groups excluding carboxylic acids is 1. The van der Waals surface area contributed by atoms with Crippen LogP contribution in [0.4, 0.5) is 0 Å². The summed E-state index contributed by atoms with van der Waals surface area (Å²) in [4.78, 5) is 13.9. The molecule has 16 heavy (non-hydrogen) atoms. The number of hydrogen-bond acceptors (Lipinski definition) is 2. The van der Waals surface area contributed by atoms with E-state index in [0.29, 0.717) is 0 Å². The van der Waals surface area contributed by atoms with Crippen LogP contribution in [0.5, 0.6) is 0 Å². The third kappa shape index (κ3) is 1.96. The van der Waals surface area contributed by atoms with Gasteiger partial charge in [0.2, 0.25) is 5.91 Å². The second-order valence-electron chi connectivity index (χ2n) is 4.70. The van der Waals surface area contributed by atoms with Gasteiger partial charge in [0.25, 0.3) is 0 Å². The number of aromatic nitrogens is 2. The van der Waals surface area contributed by atoms with Crippen LogP contribution >= 0.6 is 0 Å². The van der Waals surface area contributed by atoms with Crippen molar-refractivity contribution in [3.63, 3.8) is 0 Å². The Morgan fingerprint density at radius 3 is 2.62 bits per heavy atom. The van der Waals surface area contributed by atoms with Gasteiger partial charge in [-0.3, -0.25) is 9.89 Å². The maximum atomic E-state index is 12.0. The summed E-state index contributed by atoms with van der Waals surface area (Å²) in [6, 6.07) is 0. The molecule has 1 aliphatic heterocycles. The molecule has 0 saturated carbocycles. The lowest BCUT2D eigenvalue weighted by Crippen LogP contribution is -2.45. The Labute approximate surface area is 96.0 Å². The molecule has 1 aliphatic rings. The first-order chi connectivity index (χ1) is 7.59. The summed E-state index contributed by atoms with van der Waals surface area (Å²) >= 11 is 0. The molecule has 1 N–H and O–H groups in total. The lowest BCUT2D eigenvalue weighted by atomic mass is 9.97. The summed E-state index contributed by atoms with van der Waals surface area (Å²) in [7, 11) is 0. The number of rotatable bonds is 3. The molecule has 1 unspecified atom stereocenters. The van der Waals surface area contributed by atoms with Crippen LogP contribution in [0, 0.1) is 19.8 Å². The number of carbonyl (C=O) groups is 1. The average Bonchev–Trinajstić information content (AvgIpc) is 2.46. The largest absolute Gasteiger partial charge is 0.342 e. The minimum Gasteiger partial charge on any atom is -0.342 e. The molecule has 1 aromatic rings. The van der Waals surface area contributed by atoms with Crippen molar-refractivity contribution < 1.29 is 4.79 Å². The van der Waals surface area contributed by atoms with Gasteiger partial charge >= 0.3 is 0 Å². The summed E-state index contributed by atoms with van der Waals surface area (Å²) < 4.78 is 0. The molecule has 88 valence electrons. The lowest BCUT2D eigenvalue weighted by Gasteiger charge is -2.33. The average molecular weight is 221 g/mol. The number of nitrogens with zero attached hydrogens (tertiary/aromatic N) is 2. The molecule has 1 fully saturated rings. The number of nitrogens with one attached hydrogen (secondary N) is 1. The maximum Gasteiger partial charge on any atom is 0.225 e. The topological polar surface area (TPSA) is 49.0 Å². The standard InChI is InChI=1S/C12H19N3O/c1-8(12(16)15-5-4-6-15)7-11-9(2)13-14-10(11)3/h8H,4-7H2,1-3H3,(H,13,14). The minimum absolute atomic E-state index is 0.0651. The summed E-state index contributed by atoms with van der Waals surface area (Å²) in [5, 5.41) is 7.12. The van der Waals surface area contributed by atoms with E-state index in [1.165, 1.54) is 5.56 Å². The van der Waals surface area contributed by atoms with E-state index < -0.39 is 0 Å². The van der Waals surface area contributed by atoms with E-state index in [-0.39, 0.29) is 11.8 Å². The number of hydrogen-bond donors (Lipinski definition) is 1.